The molecule has 8 heteroatoms. The molecule has 0 aliphatic rings. The normalized spacial score (nSPS) is 11.1. The Morgan fingerprint density at radius 1 is 1.50 bits per heavy atom. The van der Waals surface area contributed by atoms with Crippen LogP contribution in [0.3, 0.4) is 0 Å². The van der Waals surface area contributed by atoms with Crippen LogP contribution in [0.25, 0.3) is 0 Å². The molecule has 0 amide bonds. The SMILES string of the molecule is Cc1nnc(NN=Cc2c(F)cccc2Cl)n1N. The molecular weight excluding hydrogens is 259 g/mol. The molecule has 0 fully saturated rings. The van der Waals surface area contributed by atoms with Crippen LogP contribution < -0.4 is 11.3 Å². The van der Waals surface area contributed by atoms with Crippen LogP contribution in [0.15, 0.2) is 23.3 Å². The minimum Gasteiger partial charge on any atom is -0.335 e. The van der Waals surface area contributed by atoms with Gasteiger partial charge in [-0.1, -0.05) is 17.7 Å². The number of nitrogens with two attached hydrogens (primary N) is 1. The van der Waals surface area contributed by atoms with Crippen molar-refractivity contribution in [3.8, 4) is 0 Å². The molecule has 18 heavy (non-hydrogen) atoms. The third kappa shape index (κ3) is 2.40. The van der Waals surface area contributed by atoms with Crippen molar-refractivity contribution in [2.45, 2.75) is 6.92 Å². The van der Waals surface area contributed by atoms with Crippen LogP contribution in [0.4, 0.5) is 10.3 Å². The van der Waals surface area contributed by atoms with Gasteiger partial charge in [-0.15, -0.1) is 10.2 Å². The predicted molar refractivity (Wildman–Crippen MR) is 67.5 cm³/mol. The number of nitrogens with one attached hydrogen (secondary N) is 1. The van der Waals surface area contributed by atoms with E-state index in [-0.39, 0.29) is 16.5 Å². The Hall–Kier alpha value is -2.15. The number of anilines is 1. The number of benzene rings is 1. The van der Waals surface area contributed by atoms with Crippen molar-refractivity contribution in [1.82, 2.24) is 14.9 Å². The van der Waals surface area contributed by atoms with E-state index in [0.717, 1.165) is 0 Å². The van der Waals surface area contributed by atoms with Crippen LogP contribution in [0.2, 0.25) is 5.02 Å². The summed E-state index contributed by atoms with van der Waals surface area (Å²) >= 11 is 5.83. The maximum atomic E-state index is 13.4. The number of nitrogen functional groups attached to an aromatic ring is 1. The van der Waals surface area contributed by atoms with E-state index >= 15 is 0 Å². The molecule has 0 atom stereocenters. The molecule has 0 saturated heterocycles. The lowest BCUT2D eigenvalue weighted by molar-refractivity contribution is 0.626. The number of hydrogen-bond donors (Lipinski definition) is 2. The molecule has 94 valence electrons. The molecule has 3 N–H and O–H groups in total. The highest BCUT2D eigenvalue weighted by Crippen LogP contribution is 2.16. The van der Waals surface area contributed by atoms with Crippen molar-refractivity contribution >= 4 is 23.8 Å². The standard InChI is InChI=1S/C10H10ClFN6/c1-6-15-17-10(18(6)13)16-14-5-7-8(11)3-2-4-9(7)12/h2-5H,13H2,1H3,(H,16,17). The zero-order chi connectivity index (χ0) is 13.1. The third-order valence-corrected chi connectivity index (χ3v) is 2.55. The van der Waals surface area contributed by atoms with Gasteiger partial charge in [-0.2, -0.15) is 5.10 Å². The van der Waals surface area contributed by atoms with Crippen LogP contribution in [-0.4, -0.2) is 21.1 Å². The molecule has 0 spiro atoms. The van der Waals surface area contributed by atoms with E-state index in [4.69, 9.17) is 17.4 Å². The van der Waals surface area contributed by atoms with Gasteiger partial charge in [-0.3, -0.25) is 0 Å². The van der Waals surface area contributed by atoms with Gasteiger partial charge in [0, 0.05) is 5.56 Å². The number of halogens is 2. The molecule has 0 radical (unpaired) electrons. The van der Waals surface area contributed by atoms with Crippen molar-refractivity contribution in [2.24, 2.45) is 5.10 Å². The van der Waals surface area contributed by atoms with Gasteiger partial charge in [-0.05, 0) is 19.1 Å². The van der Waals surface area contributed by atoms with Crippen LogP contribution in [0.5, 0.6) is 0 Å². The maximum Gasteiger partial charge on any atom is 0.263 e. The fourth-order valence-corrected chi connectivity index (χ4v) is 1.45. The molecule has 0 saturated carbocycles. The van der Waals surface area contributed by atoms with Crippen LogP contribution in [0.1, 0.15) is 11.4 Å². The van der Waals surface area contributed by atoms with Gasteiger partial charge in [-0.25, -0.2) is 14.5 Å². The molecular formula is C10H10ClFN6. The van der Waals surface area contributed by atoms with Crippen molar-refractivity contribution in [3.05, 3.63) is 40.4 Å². The first-order valence-electron chi connectivity index (χ1n) is 5.00. The minimum atomic E-state index is -0.460. The van der Waals surface area contributed by atoms with Gasteiger partial charge in [0.2, 0.25) is 0 Å². The van der Waals surface area contributed by atoms with Crippen LogP contribution >= 0.6 is 11.6 Å². The number of nitrogens with zero attached hydrogens (tertiary/aromatic N) is 4. The third-order valence-electron chi connectivity index (χ3n) is 2.22. The van der Waals surface area contributed by atoms with E-state index < -0.39 is 5.82 Å². The first-order valence-corrected chi connectivity index (χ1v) is 5.37. The zero-order valence-electron chi connectivity index (χ0n) is 9.43. The lowest BCUT2D eigenvalue weighted by Crippen LogP contribution is -2.13. The topological polar surface area (TPSA) is 81.1 Å². The summed E-state index contributed by atoms with van der Waals surface area (Å²) in [5.41, 5.74) is 2.73. The summed E-state index contributed by atoms with van der Waals surface area (Å²) in [7, 11) is 0. The second kappa shape index (κ2) is 5.01. The smallest absolute Gasteiger partial charge is 0.263 e. The fourth-order valence-electron chi connectivity index (χ4n) is 1.23. The highest BCUT2D eigenvalue weighted by molar-refractivity contribution is 6.33. The molecule has 1 aromatic carbocycles. The first kappa shape index (κ1) is 12.3. The Morgan fingerprint density at radius 2 is 2.28 bits per heavy atom. The summed E-state index contributed by atoms with van der Waals surface area (Å²) in [5, 5.41) is 11.5. The molecule has 0 aliphatic heterocycles. The average molecular weight is 269 g/mol. The molecule has 0 bridgehead atoms. The van der Waals surface area contributed by atoms with Gasteiger partial charge in [0.1, 0.15) is 5.82 Å². The second-order valence-electron chi connectivity index (χ2n) is 3.45. The summed E-state index contributed by atoms with van der Waals surface area (Å²) in [5.74, 6) is 5.91. The van der Waals surface area contributed by atoms with Gasteiger partial charge in [0.15, 0.2) is 5.82 Å². The van der Waals surface area contributed by atoms with Crippen molar-refractivity contribution < 1.29 is 4.39 Å². The van der Waals surface area contributed by atoms with Crippen LogP contribution in [-0.2, 0) is 0 Å². The Morgan fingerprint density at radius 3 is 2.89 bits per heavy atom. The maximum absolute atomic E-state index is 13.4. The Bertz CT molecular complexity index is 574. The highest BCUT2D eigenvalue weighted by atomic mass is 35.5. The number of hydrazone groups is 1. The highest BCUT2D eigenvalue weighted by Gasteiger charge is 2.05. The minimum absolute atomic E-state index is 0.187. The van der Waals surface area contributed by atoms with Crippen molar-refractivity contribution in [2.75, 3.05) is 11.3 Å². The number of aromatic nitrogens is 3. The first-order chi connectivity index (χ1) is 8.59. The molecule has 2 rings (SSSR count). The van der Waals surface area contributed by atoms with Gasteiger partial charge < -0.3 is 5.84 Å². The molecule has 0 aliphatic carbocycles. The molecule has 6 nitrogen and oxygen atoms in total. The van der Waals surface area contributed by atoms with E-state index in [2.05, 4.69) is 20.7 Å². The van der Waals surface area contributed by atoms with Gasteiger partial charge >= 0.3 is 0 Å². The van der Waals surface area contributed by atoms with E-state index in [9.17, 15) is 4.39 Å². The molecule has 2 aromatic rings. The number of hydrogen-bond acceptors (Lipinski definition) is 5. The number of rotatable bonds is 3. The second-order valence-corrected chi connectivity index (χ2v) is 3.85. The monoisotopic (exact) mass is 268 g/mol. The Kier molecular flexibility index (Phi) is 3.42. The zero-order valence-corrected chi connectivity index (χ0v) is 10.2. The van der Waals surface area contributed by atoms with E-state index in [0.29, 0.717) is 5.82 Å². The largest absolute Gasteiger partial charge is 0.335 e. The number of aryl methyl sites for hydroxylation is 1. The summed E-state index contributed by atoms with van der Waals surface area (Å²) in [6.45, 7) is 1.69. The molecule has 0 unspecified atom stereocenters. The van der Waals surface area contributed by atoms with Gasteiger partial charge in [0.05, 0.1) is 11.2 Å². The van der Waals surface area contributed by atoms with E-state index in [1.54, 1.807) is 13.0 Å². The lowest BCUT2D eigenvalue weighted by atomic mass is 10.2. The van der Waals surface area contributed by atoms with E-state index in [1.807, 2.05) is 0 Å². The lowest BCUT2D eigenvalue weighted by Gasteiger charge is -2.01. The Balaban J connectivity index is 2.15. The van der Waals surface area contributed by atoms with E-state index in [1.165, 1.54) is 23.0 Å². The summed E-state index contributed by atoms with van der Waals surface area (Å²) in [6, 6.07) is 4.38. The molecule has 1 aromatic heterocycles. The summed E-state index contributed by atoms with van der Waals surface area (Å²) in [6.07, 6.45) is 1.25. The van der Waals surface area contributed by atoms with Crippen molar-refractivity contribution in [3.63, 3.8) is 0 Å². The van der Waals surface area contributed by atoms with Crippen molar-refractivity contribution in [1.29, 1.82) is 0 Å². The summed E-state index contributed by atoms with van der Waals surface area (Å²) in [4.78, 5) is 0. The average Bonchev–Trinajstić information content (AvgIpc) is 2.65. The predicted octanol–water partition coefficient (Wildman–Crippen LogP) is 1.54. The Labute approximate surface area is 107 Å². The molecule has 1 heterocycles. The van der Waals surface area contributed by atoms with Crippen LogP contribution in [0, 0.1) is 12.7 Å². The quantitative estimate of drug-likeness (QED) is 0.503. The summed E-state index contributed by atoms with van der Waals surface area (Å²) < 4.78 is 14.6. The fraction of sp³-hybridized carbons (Fsp3) is 0.100. The van der Waals surface area contributed by atoms with Gasteiger partial charge in [0.25, 0.3) is 5.95 Å².